The summed E-state index contributed by atoms with van der Waals surface area (Å²) >= 11 is 0. The zero-order valence-corrected chi connectivity index (χ0v) is 16.7. The van der Waals surface area contributed by atoms with Crippen LogP contribution in [0.3, 0.4) is 0 Å². The van der Waals surface area contributed by atoms with Gasteiger partial charge in [0.25, 0.3) is 11.8 Å². The van der Waals surface area contributed by atoms with Crippen molar-refractivity contribution in [1.82, 2.24) is 4.90 Å². The molecule has 30 heavy (non-hydrogen) atoms. The van der Waals surface area contributed by atoms with E-state index in [0.717, 1.165) is 12.8 Å². The number of fused-ring (bicyclic) bond motifs is 1. The summed E-state index contributed by atoms with van der Waals surface area (Å²) in [6.45, 7) is 1.46. The summed E-state index contributed by atoms with van der Waals surface area (Å²) in [7, 11) is 0. The van der Waals surface area contributed by atoms with Crippen molar-refractivity contribution in [3.63, 3.8) is 0 Å². The minimum Gasteiger partial charge on any atom is -0.482 e. The Balaban J connectivity index is 1.44. The fourth-order valence-corrected chi connectivity index (χ4v) is 3.78. The molecule has 0 spiro atoms. The van der Waals surface area contributed by atoms with Gasteiger partial charge >= 0.3 is 5.97 Å². The van der Waals surface area contributed by atoms with Crippen molar-refractivity contribution in [2.24, 2.45) is 0 Å². The fourth-order valence-electron chi connectivity index (χ4n) is 3.78. The molecule has 0 unspecified atom stereocenters. The molecule has 0 aliphatic carbocycles. The van der Waals surface area contributed by atoms with Crippen molar-refractivity contribution >= 4 is 23.5 Å². The van der Waals surface area contributed by atoms with Gasteiger partial charge in [-0.05, 0) is 25.0 Å². The molecule has 1 atom stereocenters. The third kappa shape index (κ3) is 4.30. The maximum atomic E-state index is 13.0. The molecule has 1 saturated heterocycles. The van der Waals surface area contributed by atoms with Crippen molar-refractivity contribution in [2.45, 2.75) is 25.4 Å². The second-order valence-corrected chi connectivity index (χ2v) is 7.36. The van der Waals surface area contributed by atoms with Crippen molar-refractivity contribution in [3.05, 3.63) is 60.2 Å². The Morgan fingerprint density at radius 2 is 1.70 bits per heavy atom. The van der Waals surface area contributed by atoms with E-state index < -0.39 is 12.1 Å². The van der Waals surface area contributed by atoms with Crippen LogP contribution < -0.4 is 9.64 Å². The van der Waals surface area contributed by atoms with Gasteiger partial charge in [-0.3, -0.25) is 14.4 Å². The summed E-state index contributed by atoms with van der Waals surface area (Å²) in [4.78, 5) is 41.2. The highest BCUT2D eigenvalue weighted by Gasteiger charge is 2.32. The van der Waals surface area contributed by atoms with Crippen LogP contribution in [0.5, 0.6) is 5.75 Å². The molecule has 1 fully saturated rings. The summed E-state index contributed by atoms with van der Waals surface area (Å²) in [5, 5.41) is 0. The SMILES string of the molecule is O=C(CCN1C(=O)COc2ccccc21)O[C@H](C(=O)N1CCCC1)c1ccccc1. The predicted octanol–water partition coefficient (Wildman–Crippen LogP) is 2.71. The van der Waals surface area contributed by atoms with E-state index in [1.165, 1.54) is 4.90 Å². The number of ether oxygens (including phenoxy) is 2. The maximum absolute atomic E-state index is 13.0. The first-order valence-corrected chi connectivity index (χ1v) is 10.2. The average molecular weight is 408 g/mol. The van der Waals surface area contributed by atoms with Gasteiger partial charge in [0.15, 0.2) is 6.61 Å². The standard InChI is InChI=1S/C23H24N2O5/c26-20-16-29-19-11-5-4-10-18(19)25(20)15-12-21(27)30-22(17-8-2-1-3-9-17)23(28)24-13-6-7-14-24/h1-5,8-11,22H,6-7,12-16H2/t22-/m0/s1. The number of nitrogens with zero attached hydrogens (tertiary/aromatic N) is 2. The summed E-state index contributed by atoms with van der Waals surface area (Å²) < 4.78 is 11.1. The number of benzene rings is 2. The van der Waals surface area contributed by atoms with E-state index >= 15 is 0 Å². The highest BCUT2D eigenvalue weighted by Crippen LogP contribution is 2.31. The molecule has 7 heteroatoms. The highest BCUT2D eigenvalue weighted by molar-refractivity contribution is 5.98. The molecule has 0 aromatic heterocycles. The Morgan fingerprint density at radius 3 is 2.47 bits per heavy atom. The van der Waals surface area contributed by atoms with Crippen LogP contribution >= 0.6 is 0 Å². The molecular weight excluding hydrogens is 384 g/mol. The number of rotatable bonds is 6. The number of esters is 1. The van der Waals surface area contributed by atoms with Crippen LogP contribution in [0.1, 0.15) is 30.9 Å². The maximum Gasteiger partial charge on any atom is 0.308 e. The largest absolute Gasteiger partial charge is 0.482 e. The number of anilines is 1. The van der Waals surface area contributed by atoms with Crippen molar-refractivity contribution in [3.8, 4) is 5.75 Å². The van der Waals surface area contributed by atoms with Crippen LogP contribution in [0.4, 0.5) is 5.69 Å². The second-order valence-electron chi connectivity index (χ2n) is 7.36. The van der Waals surface area contributed by atoms with Gasteiger partial charge < -0.3 is 19.3 Å². The summed E-state index contributed by atoms with van der Waals surface area (Å²) in [5.74, 6) is -0.320. The Bertz CT molecular complexity index is 924. The molecule has 2 aromatic rings. The van der Waals surface area contributed by atoms with Crippen LogP contribution in [0.15, 0.2) is 54.6 Å². The van der Waals surface area contributed by atoms with E-state index in [-0.39, 0.29) is 31.4 Å². The van der Waals surface area contributed by atoms with Crippen molar-refractivity contribution < 1.29 is 23.9 Å². The molecule has 2 heterocycles. The third-order valence-corrected chi connectivity index (χ3v) is 5.34. The van der Waals surface area contributed by atoms with E-state index in [4.69, 9.17) is 9.47 Å². The molecule has 156 valence electrons. The summed E-state index contributed by atoms with van der Waals surface area (Å²) in [6.07, 6.45) is 0.931. The third-order valence-electron chi connectivity index (χ3n) is 5.34. The van der Waals surface area contributed by atoms with E-state index in [2.05, 4.69) is 0 Å². The molecular formula is C23H24N2O5. The predicted molar refractivity (Wildman–Crippen MR) is 110 cm³/mol. The number of amides is 2. The summed E-state index contributed by atoms with van der Waals surface area (Å²) in [6, 6.07) is 16.3. The molecule has 2 aliphatic rings. The smallest absolute Gasteiger partial charge is 0.308 e. The first kappa shape index (κ1) is 19.9. The molecule has 2 aliphatic heterocycles. The number of likely N-dealkylation sites (tertiary alicyclic amines) is 1. The Kier molecular flexibility index (Phi) is 5.97. The zero-order chi connectivity index (χ0) is 20.9. The molecule has 2 amide bonds. The van der Waals surface area contributed by atoms with Gasteiger partial charge in [-0.1, -0.05) is 42.5 Å². The minimum absolute atomic E-state index is 0.0172. The van der Waals surface area contributed by atoms with Crippen molar-refractivity contribution in [2.75, 3.05) is 31.1 Å². The van der Waals surface area contributed by atoms with E-state index in [0.29, 0.717) is 30.1 Å². The Labute approximate surface area is 175 Å². The minimum atomic E-state index is -0.968. The molecule has 0 N–H and O–H groups in total. The highest BCUT2D eigenvalue weighted by atomic mass is 16.5. The molecule has 2 aromatic carbocycles. The lowest BCUT2D eigenvalue weighted by molar-refractivity contribution is -0.160. The monoisotopic (exact) mass is 408 g/mol. The second kappa shape index (κ2) is 8.98. The molecule has 0 bridgehead atoms. The summed E-state index contributed by atoms with van der Waals surface area (Å²) in [5.41, 5.74) is 1.28. The van der Waals surface area contributed by atoms with E-state index in [1.54, 1.807) is 29.2 Å². The molecule has 0 saturated carbocycles. The number of carbonyl (C=O) groups excluding carboxylic acids is 3. The van der Waals surface area contributed by atoms with Gasteiger partial charge in [-0.25, -0.2) is 0 Å². The van der Waals surface area contributed by atoms with Crippen LogP contribution in [-0.4, -0.2) is 48.9 Å². The molecule has 7 nitrogen and oxygen atoms in total. The van der Waals surface area contributed by atoms with Crippen LogP contribution in [0.2, 0.25) is 0 Å². The first-order chi connectivity index (χ1) is 14.6. The molecule has 0 radical (unpaired) electrons. The topological polar surface area (TPSA) is 76.1 Å². The Morgan fingerprint density at radius 1 is 1.00 bits per heavy atom. The lowest BCUT2D eigenvalue weighted by Gasteiger charge is -2.29. The normalized spacial score (nSPS) is 16.6. The van der Waals surface area contributed by atoms with Crippen LogP contribution in [0, 0.1) is 0 Å². The van der Waals surface area contributed by atoms with Crippen LogP contribution in [-0.2, 0) is 19.1 Å². The number of hydrogen-bond acceptors (Lipinski definition) is 5. The Hall–Kier alpha value is -3.35. The van der Waals surface area contributed by atoms with Gasteiger partial charge in [0.1, 0.15) is 5.75 Å². The lowest BCUT2D eigenvalue weighted by Crippen LogP contribution is -2.40. The fraction of sp³-hybridized carbons (Fsp3) is 0.348. The van der Waals surface area contributed by atoms with Gasteiger partial charge in [0, 0.05) is 25.2 Å². The zero-order valence-electron chi connectivity index (χ0n) is 16.7. The van der Waals surface area contributed by atoms with Crippen molar-refractivity contribution in [1.29, 1.82) is 0 Å². The molecule has 4 rings (SSSR count). The lowest BCUT2D eigenvalue weighted by atomic mass is 10.1. The number of para-hydroxylation sites is 2. The first-order valence-electron chi connectivity index (χ1n) is 10.2. The van der Waals surface area contributed by atoms with Gasteiger partial charge in [-0.15, -0.1) is 0 Å². The number of carbonyl (C=O) groups is 3. The van der Waals surface area contributed by atoms with E-state index in [1.807, 2.05) is 30.3 Å². The van der Waals surface area contributed by atoms with Gasteiger partial charge in [0.2, 0.25) is 6.10 Å². The van der Waals surface area contributed by atoms with Crippen LogP contribution in [0.25, 0.3) is 0 Å². The van der Waals surface area contributed by atoms with E-state index in [9.17, 15) is 14.4 Å². The van der Waals surface area contributed by atoms with Gasteiger partial charge in [0.05, 0.1) is 12.1 Å². The average Bonchev–Trinajstić information content (AvgIpc) is 3.32. The van der Waals surface area contributed by atoms with Gasteiger partial charge in [-0.2, -0.15) is 0 Å². The number of hydrogen-bond donors (Lipinski definition) is 0. The quantitative estimate of drug-likeness (QED) is 0.687.